The first-order chi connectivity index (χ1) is 14.9. The van der Waals surface area contributed by atoms with Crippen molar-refractivity contribution in [3.8, 4) is 0 Å². The van der Waals surface area contributed by atoms with Gasteiger partial charge in [-0.2, -0.15) is 0 Å². The smallest absolute Gasteiger partial charge is 0.291 e. The first-order valence-corrected chi connectivity index (χ1v) is 10.5. The molecule has 1 fully saturated rings. The van der Waals surface area contributed by atoms with Crippen molar-refractivity contribution in [2.45, 2.75) is 39.7 Å². The summed E-state index contributed by atoms with van der Waals surface area (Å²) in [5.41, 5.74) is 3.76. The van der Waals surface area contributed by atoms with E-state index in [1.54, 1.807) is 24.0 Å². The number of benzene rings is 1. The van der Waals surface area contributed by atoms with Gasteiger partial charge in [-0.15, -0.1) is 0 Å². The number of amides is 1. The molecule has 4 rings (SSSR count). The largest absolute Gasteiger partial charge is 0.435 e. The summed E-state index contributed by atoms with van der Waals surface area (Å²) in [6, 6.07) is 10.7. The highest BCUT2D eigenvalue weighted by molar-refractivity contribution is 5.92. The van der Waals surface area contributed by atoms with Crippen LogP contribution in [0.3, 0.4) is 0 Å². The fraction of sp³-hybridized carbons (Fsp3) is 0.375. The number of aromatic nitrogens is 2. The molecule has 0 aliphatic carbocycles. The van der Waals surface area contributed by atoms with Crippen molar-refractivity contribution in [1.82, 2.24) is 14.9 Å². The van der Waals surface area contributed by atoms with Gasteiger partial charge < -0.3 is 14.1 Å². The number of carbonyl (C=O) groups excluding carboxylic acids is 1. The van der Waals surface area contributed by atoms with Crippen LogP contribution in [0.2, 0.25) is 0 Å². The Kier molecular flexibility index (Phi) is 6.13. The quantitative estimate of drug-likeness (QED) is 0.615. The summed E-state index contributed by atoms with van der Waals surface area (Å²) in [5, 5.41) is 0. The van der Waals surface area contributed by atoms with Crippen molar-refractivity contribution in [3.63, 3.8) is 0 Å². The molecule has 0 saturated carbocycles. The van der Waals surface area contributed by atoms with Gasteiger partial charge in [0.05, 0.1) is 24.5 Å². The Hall–Kier alpha value is -3.06. The molecule has 1 amide bonds. The van der Waals surface area contributed by atoms with Crippen molar-refractivity contribution in [1.29, 1.82) is 0 Å². The van der Waals surface area contributed by atoms with Gasteiger partial charge in [0.15, 0.2) is 5.89 Å². The third kappa shape index (κ3) is 4.66. The second kappa shape index (κ2) is 8.98. The summed E-state index contributed by atoms with van der Waals surface area (Å²) in [6.45, 7) is 6.88. The zero-order chi connectivity index (χ0) is 22.0. The van der Waals surface area contributed by atoms with Crippen molar-refractivity contribution in [2.24, 2.45) is 0 Å². The number of carbonyl (C=O) groups is 1. The van der Waals surface area contributed by atoms with Gasteiger partial charge in [0.25, 0.3) is 5.91 Å². The van der Waals surface area contributed by atoms with E-state index in [2.05, 4.69) is 9.97 Å². The highest BCUT2D eigenvalue weighted by atomic mass is 19.1. The van der Waals surface area contributed by atoms with Crippen LogP contribution in [-0.2, 0) is 17.6 Å². The van der Waals surface area contributed by atoms with E-state index in [1.807, 2.05) is 32.0 Å². The lowest BCUT2D eigenvalue weighted by Crippen LogP contribution is -2.42. The zero-order valence-electron chi connectivity index (χ0n) is 18.0. The molecule has 162 valence electrons. The van der Waals surface area contributed by atoms with Crippen molar-refractivity contribution >= 4 is 5.91 Å². The second-order valence-electron chi connectivity index (χ2n) is 7.80. The van der Waals surface area contributed by atoms with E-state index in [4.69, 9.17) is 9.15 Å². The average molecular weight is 423 g/mol. The predicted octanol–water partition coefficient (Wildman–Crippen LogP) is 4.19. The van der Waals surface area contributed by atoms with Crippen molar-refractivity contribution in [3.05, 3.63) is 82.1 Å². The standard InChI is InChI=1S/C24H26FN3O3/c1-4-22-27-16(3)23(31-22)24(29)28-9-10-30-21(14-28)20-13-17(11-15(2)26-20)12-18-7-5-6-8-19(18)25/h5-8,11,13,21H,4,9-10,12,14H2,1-3H3/t21-/m0/s1. The molecule has 1 aliphatic heterocycles. The molecule has 1 aromatic carbocycles. The number of halogens is 1. The van der Waals surface area contributed by atoms with Crippen LogP contribution in [0.4, 0.5) is 4.39 Å². The lowest BCUT2D eigenvalue weighted by atomic mass is 10.0. The lowest BCUT2D eigenvalue weighted by molar-refractivity contribution is -0.0258. The number of ether oxygens (including phenoxy) is 1. The molecular weight excluding hydrogens is 397 g/mol. The highest BCUT2D eigenvalue weighted by Gasteiger charge is 2.30. The van der Waals surface area contributed by atoms with Gasteiger partial charge >= 0.3 is 0 Å². The summed E-state index contributed by atoms with van der Waals surface area (Å²) < 4.78 is 25.7. The molecule has 1 saturated heterocycles. The van der Waals surface area contributed by atoms with E-state index < -0.39 is 0 Å². The van der Waals surface area contributed by atoms with Crippen molar-refractivity contribution in [2.75, 3.05) is 19.7 Å². The molecule has 2 aromatic heterocycles. The number of nitrogens with zero attached hydrogens (tertiary/aromatic N) is 3. The molecule has 7 heteroatoms. The van der Waals surface area contributed by atoms with Gasteiger partial charge in [0.2, 0.25) is 5.76 Å². The fourth-order valence-corrected chi connectivity index (χ4v) is 3.86. The number of pyridine rings is 1. The minimum absolute atomic E-state index is 0.183. The Morgan fingerprint density at radius 3 is 2.77 bits per heavy atom. The predicted molar refractivity (Wildman–Crippen MR) is 113 cm³/mol. The molecular formula is C24H26FN3O3. The van der Waals surface area contributed by atoms with Crippen LogP contribution in [0.15, 0.2) is 40.8 Å². The molecule has 0 spiro atoms. The van der Waals surface area contributed by atoms with Crippen LogP contribution < -0.4 is 0 Å². The van der Waals surface area contributed by atoms with Gasteiger partial charge in [-0.1, -0.05) is 25.1 Å². The maximum Gasteiger partial charge on any atom is 0.291 e. The van der Waals surface area contributed by atoms with Gasteiger partial charge in [-0.25, -0.2) is 9.37 Å². The van der Waals surface area contributed by atoms with Crippen LogP contribution in [0, 0.1) is 19.7 Å². The van der Waals surface area contributed by atoms with E-state index >= 15 is 0 Å². The van der Waals surface area contributed by atoms with E-state index in [9.17, 15) is 9.18 Å². The summed E-state index contributed by atoms with van der Waals surface area (Å²) in [7, 11) is 0. The van der Waals surface area contributed by atoms with Crippen LogP contribution in [0.1, 0.15) is 57.7 Å². The Balaban J connectivity index is 1.54. The molecule has 6 nitrogen and oxygen atoms in total. The first-order valence-electron chi connectivity index (χ1n) is 10.5. The molecule has 3 heterocycles. The molecule has 0 unspecified atom stereocenters. The summed E-state index contributed by atoms with van der Waals surface area (Å²) >= 11 is 0. The van der Waals surface area contributed by atoms with E-state index in [0.717, 1.165) is 17.0 Å². The number of aryl methyl sites for hydroxylation is 3. The Labute approximate surface area is 181 Å². The third-order valence-corrected chi connectivity index (χ3v) is 5.41. The monoisotopic (exact) mass is 423 g/mol. The molecule has 0 bridgehead atoms. The summed E-state index contributed by atoms with van der Waals surface area (Å²) in [6.07, 6.45) is 0.749. The Morgan fingerprint density at radius 1 is 1.23 bits per heavy atom. The van der Waals surface area contributed by atoms with Crippen LogP contribution in [-0.4, -0.2) is 40.5 Å². The van der Waals surface area contributed by atoms with E-state index in [1.165, 1.54) is 6.07 Å². The van der Waals surface area contributed by atoms with Crippen LogP contribution >= 0.6 is 0 Å². The van der Waals surface area contributed by atoms with Gasteiger partial charge in [-0.05, 0) is 43.2 Å². The number of hydrogen-bond acceptors (Lipinski definition) is 5. The molecule has 1 atom stereocenters. The first kappa shape index (κ1) is 21.2. The van der Waals surface area contributed by atoms with Gasteiger partial charge in [-0.3, -0.25) is 9.78 Å². The van der Waals surface area contributed by atoms with Crippen LogP contribution in [0.25, 0.3) is 0 Å². The summed E-state index contributed by atoms with van der Waals surface area (Å²) in [5.74, 6) is 0.439. The molecule has 0 N–H and O–H groups in total. The molecule has 31 heavy (non-hydrogen) atoms. The number of rotatable bonds is 5. The minimum Gasteiger partial charge on any atom is -0.435 e. The number of hydrogen-bond donors (Lipinski definition) is 0. The average Bonchev–Trinajstić information content (AvgIpc) is 3.15. The Morgan fingerprint density at radius 2 is 2.03 bits per heavy atom. The number of oxazole rings is 1. The topological polar surface area (TPSA) is 68.5 Å². The SMILES string of the molecule is CCc1nc(C)c(C(=O)N2CCO[C@H](c3cc(Cc4ccccc4F)cc(C)n3)C2)o1. The van der Waals surface area contributed by atoms with E-state index in [0.29, 0.717) is 49.7 Å². The molecule has 0 radical (unpaired) electrons. The molecule has 3 aromatic rings. The van der Waals surface area contributed by atoms with Gasteiger partial charge in [0, 0.05) is 25.1 Å². The fourth-order valence-electron chi connectivity index (χ4n) is 3.86. The lowest BCUT2D eigenvalue weighted by Gasteiger charge is -2.32. The van der Waals surface area contributed by atoms with Crippen LogP contribution in [0.5, 0.6) is 0 Å². The normalized spacial score (nSPS) is 16.5. The highest BCUT2D eigenvalue weighted by Crippen LogP contribution is 2.25. The van der Waals surface area contributed by atoms with Crippen molar-refractivity contribution < 1.29 is 18.3 Å². The van der Waals surface area contributed by atoms with E-state index in [-0.39, 0.29) is 23.6 Å². The third-order valence-electron chi connectivity index (χ3n) is 5.41. The molecule has 1 aliphatic rings. The zero-order valence-corrected chi connectivity index (χ0v) is 18.0. The maximum absolute atomic E-state index is 14.1. The number of morpholine rings is 1. The summed E-state index contributed by atoms with van der Waals surface area (Å²) in [4.78, 5) is 23.7. The maximum atomic E-state index is 14.1. The Bertz CT molecular complexity index is 1100. The second-order valence-corrected chi connectivity index (χ2v) is 7.80. The van der Waals surface area contributed by atoms with Gasteiger partial charge in [0.1, 0.15) is 11.9 Å². The minimum atomic E-state index is -0.356.